The fraction of sp³-hybridized carbons (Fsp3) is 0.786. The molecule has 7 nitrogen and oxygen atoms in total. The maximum atomic E-state index is 12.2. The molecule has 0 radical (unpaired) electrons. The number of aryl methyl sites for hydroxylation is 1. The number of alkyl halides is 3. The Kier molecular flexibility index (Phi) is 8.51. The second kappa shape index (κ2) is 10.1. The Balaban J connectivity index is 2.19. The van der Waals surface area contributed by atoms with Gasteiger partial charge in [-0.15, -0.1) is 10.2 Å². The first-order chi connectivity index (χ1) is 11.4. The van der Waals surface area contributed by atoms with Gasteiger partial charge < -0.3 is 15.2 Å². The predicted octanol–water partition coefficient (Wildman–Crippen LogP) is 0.890. The van der Waals surface area contributed by atoms with Crippen molar-refractivity contribution >= 4 is 5.96 Å². The molecule has 0 saturated heterocycles. The summed E-state index contributed by atoms with van der Waals surface area (Å²) >= 11 is 0. The Hall–Kier alpha value is -1.84. The average molecular weight is 349 g/mol. The number of hydrogen-bond donors (Lipinski definition) is 2. The molecule has 24 heavy (non-hydrogen) atoms. The van der Waals surface area contributed by atoms with E-state index in [2.05, 4.69) is 25.8 Å². The smallest absolute Gasteiger partial charge is 0.356 e. The molecule has 0 spiro atoms. The van der Waals surface area contributed by atoms with Crippen LogP contribution in [0.15, 0.2) is 11.3 Å². The number of guanidine groups is 1. The minimum absolute atomic E-state index is 0.365. The van der Waals surface area contributed by atoms with Crippen LogP contribution in [-0.4, -0.2) is 72.1 Å². The molecule has 1 rings (SSSR count). The molecule has 0 aromatic carbocycles. The van der Waals surface area contributed by atoms with Gasteiger partial charge in [0.25, 0.3) is 0 Å². The molecule has 0 bridgehead atoms. The minimum atomic E-state index is -4.15. The van der Waals surface area contributed by atoms with E-state index in [-0.39, 0.29) is 0 Å². The van der Waals surface area contributed by atoms with E-state index in [9.17, 15) is 13.2 Å². The summed E-state index contributed by atoms with van der Waals surface area (Å²) in [5, 5.41) is 14.1. The van der Waals surface area contributed by atoms with Crippen LogP contribution in [0.4, 0.5) is 13.2 Å². The van der Waals surface area contributed by atoms with Crippen LogP contribution in [0.3, 0.4) is 0 Å². The van der Waals surface area contributed by atoms with E-state index in [1.54, 1.807) is 13.4 Å². The fourth-order valence-corrected chi connectivity index (χ4v) is 2.20. The number of rotatable bonds is 9. The summed E-state index contributed by atoms with van der Waals surface area (Å²) in [5.41, 5.74) is 0. The van der Waals surface area contributed by atoms with Crippen LogP contribution in [0.5, 0.6) is 0 Å². The summed E-state index contributed by atoms with van der Waals surface area (Å²) in [5.74, 6) is 1.55. The Morgan fingerprint density at radius 1 is 1.33 bits per heavy atom. The molecule has 0 saturated carbocycles. The lowest BCUT2D eigenvalue weighted by molar-refractivity contribution is -0.143. The van der Waals surface area contributed by atoms with Gasteiger partial charge in [-0.2, -0.15) is 13.2 Å². The lowest BCUT2D eigenvalue weighted by Gasteiger charge is -2.19. The normalized spacial score (nSPS) is 12.7. The van der Waals surface area contributed by atoms with Gasteiger partial charge in [0, 0.05) is 33.1 Å². The molecule has 0 unspecified atom stereocenters. The molecule has 0 atom stereocenters. The van der Waals surface area contributed by atoms with E-state index >= 15 is 0 Å². The van der Waals surface area contributed by atoms with Gasteiger partial charge in [-0.25, -0.2) is 0 Å². The van der Waals surface area contributed by atoms with E-state index < -0.39 is 12.7 Å². The van der Waals surface area contributed by atoms with E-state index in [4.69, 9.17) is 0 Å². The van der Waals surface area contributed by atoms with Crippen LogP contribution in [0.25, 0.3) is 0 Å². The molecule has 0 amide bonds. The summed E-state index contributed by atoms with van der Waals surface area (Å²) in [6.07, 6.45) is -1.05. The third kappa shape index (κ3) is 8.14. The molecule has 10 heteroatoms. The van der Waals surface area contributed by atoms with Crippen molar-refractivity contribution in [3.63, 3.8) is 0 Å². The van der Waals surface area contributed by atoms with Crippen LogP contribution in [0.1, 0.15) is 19.2 Å². The Morgan fingerprint density at radius 2 is 2.04 bits per heavy atom. The largest absolute Gasteiger partial charge is 0.401 e. The van der Waals surface area contributed by atoms with Gasteiger partial charge in [0.05, 0.1) is 6.54 Å². The van der Waals surface area contributed by atoms with Crippen molar-refractivity contribution in [1.82, 2.24) is 30.3 Å². The molecular weight excluding hydrogens is 323 g/mol. The highest BCUT2D eigenvalue weighted by atomic mass is 19.4. The number of hydrogen-bond acceptors (Lipinski definition) is 4. The minimum Gasteiger partial charge on any atom is -0.356 e. The van der Waals surface area contributed by atoms with Crippen molar-refractivity contribution in [3.05, 3.63) is 12.2 Å². The standard InChI is InChI=1S/C14H26F3N7/c1-4-12-22-21-11-24(12)9-7-20-13(18-2)19-6-5-8-23(3)10-14(15,16)17/h11H,4-10H2,1-3H3,(H2,18,19,20). The molecule has 0 aliphatic heterocycles. The SMILES string of the molecule is CCc1nncn1CCNC(=NC)NCCCN(C)CC(F)(F)F. The average Bonchev–Trinajstić information content (AvgIpc) is 2.95. The Bertz CT molecular complexity index is 499. The van der Waals surface area contributed by atoms with Crippen LogP contribution < -0.4 is 10.6 Å². The molecule has 0 aliphatic carbocycles. The number of nitrogens with one attached hydrogen (secondary N) is 2. The van der Waals surface area contributed by atoms with E-state index in [0.29, 0.717) is 38.6 Å². The number of nitrogens with zero attached hydrogens (tertiary/aromatic N) is 5. The number of halogens is 3. The predicted molar refractivity (Wildman–Crippen MR) is 86.9 cm³/mol. The summed E-state index contributed by atoms with van der Waals surface area (Å²) in [4.78, 5) is 5.35. The maximum Gasteiger partial charge on any atom is 0.401 e. The van der Waals surface area contributed by atoms with Crippen LogP contribution in [0, 0.1) is 0 Å². The lowest BCUT2D eigenvalue weighted by atomic mass is 10.4. The van der Waals surface area contributed by atoms with Crippen molar-refractivity contribution in [2.75, 3.05) is 40.3 Å². The first-order valence-electron chi connectivity index (χ1n) is 7.92. The van der Waals surface area contributed by atoms with Crippen molar-refractivity contribution in [1.29, 1.82) is 0 Å². The van der Waals surface area contributed by atoms with Gasteiger partial charge in [-0.3, -0.25) is 9.89 Å². The number of aliphatic imine (C=N–C) groups is 1. The van der Waals surface area contributed by atoms with Crippen molar-refractivity contribution in [3.8, 4) is 0 Å². The second-order valence-corrected chi connectivity index (χ2v) is 5.43. The van der Waals surface area contributed by atoms with Crippen LogP contribution >= 0.6 is 0 Å². The highest BCUT2D eigenvalue weighted by molar-refractivity contribution is 5.79. The third-order valence-electron chi connectivity index (χ3n) is 3.34. The summed E-state index contributed by atoms with van der Waals surface area (Å²) in [6, 6.07) is 0. The molecule has 2 N–H and O–H groups in total. The summed E-state index contributed by atoms with van der Waals surface area (Å²) in [7, 11) is 3.12. The van der Waals surface area contributed by atoms with Gasteiger partial charge in [-0.05, 0) is 20.0 Å². The van der Waals surface area contributed by atoms with Gasteiger partial charge in [-0.1, -0.05) is 6.92 Å². The zero-order valence-electron chi connectivity index (χ0n) is 14.4. The van der Waals surface area contributed by atoms with E-state index in [1.165, 1.54) is 11.9 Å². The monoisotopic (exact) mass is 349 g/mol. The van der Waals surface area contributed by atoms with E-state index in [0.717, 1.165) is 12.2 Å². The third-order valence-corrected chi connectivity index (χ3v) is 3.34. The van der Waals surface area contributed by atoms with Gasteiger partial charge >= 0.3 is 6.18 Å². The first-order valence-corrected chi connectivity index (χ1v) is 7.92. The molecule has 1 aromatic rings. The second-order valence-electron chi connectivity index (χ2n) is 5.43. The lowest BCUT2D eigenvalue weighted by Crippen LogP contribution is -2.40. The van der Waals surface area contributed by atoms with Gasteiger partial charge in [0.1, 0.15) is 12.2 Å². The number of aromatic nitrogens is 3. The highest BCUT2D eigenvalue weighted by Gasteiger charge is 2.28. The molecule has 1 aromatic heterocycles. The zero-order valence-corrected chi connectivity index (χ0v) is 14.4. The summed E-state index contributed by atoms with van der Waals surface area (Å²) in [6.45, 7) is 3.41. The quantitative estimate of drug-likeness (QED) is 0.394. The van der Waals surface area contributed by atoms with Gasteiger partial charge in [0.15, 0.2) is 5.96 Å². The van der Waals surface area contributed by atoms with Crippen molar-refractivity contribution in [2.45, 2.75) is 32.5 Å². The van der Waals surface area contributed by atoms with Gasteiger partial charge in [0.2, 0.25) is 0 Å². The topological polar surface area (TPSA) is 70.4 Å². The zero-order chi connectivity index (χ0) is 18.0. The maximum absolute atomic E-state index is 12.2. The fourth-order valence-electron chi connectivity index (χ4n) is 2.20. The Morgan fingerprint density at radius 3 is 2.67 bits per heavy atom. The molecule has 1 heterocycles. The van der Waals surface area contributed by atoms with Crippen LogP contribution in [0.2, 0.25) is 0 Å². The highest BCUT2D eigenvalue weighted by Crippen LogP contribution is 2.15. The van der Waals surface area contributed by atoms with E-state index in [1.807, 2.05) is 11.5 Å². The first kappa shape index (κ1) is 20.2. The molecular formula is C14H26F3N7. The Labute approximate surface area is 140 Å². The molecule has 0 aliphatic rings. The van der Waals surface area contributed by atoms with Crippen molar-refractivity contribution < 1.29 is 13.2 Å². The summed E-state index contributed by atoms with van der Waals surface area (Å²) < 4.78 is 38.6. The van der Waals surface area contributed by atoms with Crippen LogP contribution in [-0.2, 0) is 13.0 Å². The molecule has 138 valence electrons. The molecule has 0 fully saturated rings. The van der Waals surface area contributed by atoms with Crippen molar-refractivity contribution in [2.24, 2.45) is 4.99 Å².